The zero-order valence-electron chi connectivity index (χ0n) is 10.7. The molecule has 7 nitrogen and oxygen atoms in total. The summed E-state index contributed by atoms with van der Waals surface area (Å²) in [6.45, 7) is 0.603. The van der Waals surface area contributed by atoms with Crippen LogP contribution in [-0.4, -0.2) is 21.7 Å². The van der Waals surface area contributed by atoms with Gasteiger partial charge in [-0.05, 0) is 31.0 Å². The highest BCUT2D eigenvalue weighted by molar-refractivity contribution is 5.63. The summed E-state index contributed by atoms with van der Waals surface area (Å²) in [6, 6.07) is 8.18. The lowest BCUT2D eigenvalue weighted by molar-refractivity contribution is -0.384. The molecule has 20 heavy (non-hydrogen) atoms. The molecule has 0 saturated heterocycles. The largest absolute Gasteiger partial charge is 0.379 e. The molecule has 102 valence electrons. The molecule has 0 aliphatic rings. The highest BCUT2D eigenvalue weighted by atomic mass is 16.6. The van der Waals surface area contributed by atoms with E-state index in [4.69, 9.17) is 5.26 Å². The zero-order chi connectivity index (χ0) is 14.4. The topological polar surface area (TPSA) is 108 Å². The van der Waals surface area contributed by atoms with Gasteiger partial charge in [-0.1, -0.05) is 0 Å². The number of benzene rings is 1. The summed E-state index contributed by atoms with van der Waals surface area (Å²) >= 11 is 0. The first-order valence-electron chi connectivity index (χ1n) is 6.11. The smallest absolute Gasteiger partial charge is 0.293 e. The number of nitro benzene ring substituents is 1. The molecule has 0 amide bonds. The summed E-state index contributed by atoms with van der Waals surface area (Å²) in [6.07, 6.45) is 3.32. The quantitative estimate of drug-likeness (QED) is 0.476. The van der Waals surface area contributed by atoms with Crippen molar-refractivity contribution in [1.29, 1.82) is 5.26 Å². The Morgan fingerprint density at radius 1 is 1.45 bits per heavy atom. The normalized spacial score (nSPS) is 9.95. The van der Waals surface area contributed by atoms with Gasteiger partial charge in [0.2, 0.25) is 0 Å². The minimum Gasteiger partial charge on any atom is -0.379 e. The first-order chi connectivity index (χ1) is 9.70. The molecule has 0 atom stereocenters. The number of nitrogens with zero attached hydrogens (tertiary/aromatic N) is 3. The second kappa shape index (κ2) is 6.33. The van der Waals surface area contributed by atoms with Crippen LogP contribution in [0.1, 0.15) is 17.7 Å². The lowest BCUT2D eigenvalue weighted by Gasteiger charge is -2.06. The van der Waals surface area contributed by atoms with Crippen LogP contribution in [0.3, 0.4) is 0 Å². The third-order valence-electron chi connectivity index (χ3n) is 2.82. The number of nitro groups is 1. The average Bonchev–Trinajstić information content (AvgIpc) is 2.96. The molecule has 2 N–H and O–H groups in total. The highest BCUT2D eigenvalue weighted by Gasteiger charge is 2.14. The van der Waals surface area contributed by atoms with E-state index in [2.05, 4.69) is 15.5 Å². The van der Waals surface area contributed by atoms with Crippen LogP contribution >= 0.6 is 0 Å². The van der Waals surface area contributed by atoms with Gasteiger partial charge in [0.15, 0.2) is 0 Å². The minimum absolute atomic E-state index is 0.0782. The van der Waals surface area contributed by atoms with Gasteiger partial charge in [0.1, 0.15) is 5.69 Å². The maximum atomic E-state index is 11.0. The maximum absolute atomic E-state index is 11.0. The maximum Gasteiger partial charge on any atom is 0.293 e. The summed E-state index contributed by atoms with van der Waals surface area (Å²) in [5.74, 6) is 0. The van der Waals surface area contributed by atoms with Gasteiger partial charge < -0.3 is 5.32 Å². The Morgan fingerprint density at radius 2 is 2.30 bits per heavy atom. The Labute approximate surface area is 115 Å². The van der Waals surface area contributed by atoms with Gasteiger partial charge in [0.05, 0.1) is 16.6 Å². The lowest BCUT2D eigenvalue weighted by Crippen LogP contribution is -2.05. The van der Waals surface area contributed by atoms with Gasteiger partial charge in [-0.3, -0.25) is 15.2 Å². The van der Waals surface area contributed by atoms with E-state index >= 15 is 0 Å². The number of H-pyrrole nitrogens is 1. The van der Waals surface area contributed by atoms with Crippen molar-refractivity contribution in [3.8, 4) is 6.07 Å². The first-order valence-corrected chi connectivity index (χ1v) is 6.11. The van der Waals surface area contributed by atoms with Crippen LogP contribution in [0.2, 0.25) is 0 Å². The standard InChI is InChI=1S/C13H13N5O2/c14-9-10-3-4-12(13(8-10)18(19)20)15-6-1-2-11-5-7-16-17-11/h3-5,7-8,15H,1-2,6H2,(H,16,17). The molecule has 0 aliphatic carbocycles. The molecule has 2 aromatic rings. The van der Waals surface area contributed by atoms with Crippen molar-refractivity contribution in [3.63, 3.8) is 0 Å². The van der Waals surface area contributed by atoms with E-state index < -0.39 is 4.92 Å². The Balaban J connectivity index is 1.95. The van der Waals surface area contributed by atoms with Crippen LogP contribution in [0.15, 0.2) is 30.5 Å². The van der Waals surface area contributed by atoms with Crippen LogP contribution in [-0.2, 0) is 6.42 Å². The zero-order valence-corrected chi connectivity index (χ0v) is 10.7. The van der Waals surface area contributed by atoms with Crippen molar-refractivity contribution in [2.45, 2.75) is 12.8 Å². The molecular formula is C13H13N5O2. The van der Waals surface area contributed by atoms with Gasteiger partial charge >= 0.3 is 0 Å². The first kappa shape index (κ1) is 13.5. The second-order valence-corrected chi connectivity index (χ2v) is 4.21. The molecule has 0 radical (unpaired) electrons. The molecule has 1 aromatic carbocycles. The fourth-order valence-electron chi connectivity index (χ4n) is 1.83. The number of anilines is 1. The molecule has 0 aliphatic heterocycles. The summed E-state index contributed by atoms with van der Waals surface area (Å²) < 4.78 is 0. The van der Waals surface area contributed by atoms with E-state index in [1.807, 2.05) is 12.1 Å². The molecule has 0 fully saturated rings. The molecule has 0 spiro atoms. The summed E-state index contributed by atoms with van der Waals surface area (Å²) in [4.78, 5) is 10.5. The van der Waals surface area contributed by atoms with E-state index in [1.165, 1.54) is 6.07 Å². The Morgan fingerprint density at radius 3 is 2.95 bits per heavy atom. The summed E-state index contributed by atoms with van der Waals surface area (Å²) in [5.41, 5.74) is 1.66. The summed E-state index contributed by atoms with van der Waals surface area (Å²) in [5, 5.41) is 29.4. The molecule has 2 rings (SSSR count). The van der Waals surface area contributed by atoms with Gasteiger partial charge in [-0.2, -0.15) is 10.4 Å². The second-order valence-electron chi connectivity index (χ2n) is 4.21. The highest BCUT2D eigenvalue weighted by Crippen LogP contribution is 2.25. The Kier molecular flexibility index (Phi) is 4.29. The Hall–Kier alpha value is -2.88. The van der Waals surface area contributed by atoms with Crippen molar-refractivity contribution in [2.24, 2.45) is 0 Å². The fourth-order valence-corrected chi connectivity index (χ4v) is 1.83. The van der Waals surface area contributed by atoms with Crippen molar-refractivity contribution in [1.82, 2.24) is 10.2 Å². The van der Waals surface area contributed by atoms with Crippen LogP contribution in [0.5, 0.6) is 0 Å². The van der Waals surface area contributed by atoms with E-state index in [0.717, 1.165) is 18.5 Å². The predicted molar refractivity (Wildman–Crippen MR) is 73.2 cm³/mol. The number of hydrogen-bond acceptors (Lipinski definition) is 5. The molecular weight excluding hydrogens is 258 g/mol. The van der Waals surface area contributed by atoms with Gasteiger partial charge in [0.25, 0.3) is 5.69 Å². The van der Waals surface area contributed by atoms with E-state index in [-0.39, 0.29) is 11.3 Å². The molecule has 7 heteroatoms. The third kappa shape index (κ3) is 3.32. The van der Waals surface area contributed by atoms with E-state index in [1.54, 1.807) is 18.3 Å². The molecule has 1 heterocycles. The predicted octanol–water partition coefficient (Wildman–Crippen LogP) is 2.23. The van der Waals surface area contributed by atoms with Gasteiger partial charge in [0, 0.05) is 24.5 Å². The van der Waals surface area contributed by atoms with Crippen molar-refractivity contribution in [3.05, 3.63) is 51.8 Å². The number of aromatic nitrogens is 2. The van der Waals surface area contributed by atoms with Crippen LogP contribution in [0.4, 0.5) is 11.4 Å². The molecule has 0 unspecified atom stereocenters. The molecule has 0 saturated carbocycles. The van der Waals surface area contributed by atoms with E-state index in [9.17, 15) is 10.1 Å². The van der Waals surface area contributed by atoms with Crippen molar-refractivity contribution in [2.75, 3.05) is 11.9 Å². The Bertz CT molecular complexity index is 631. The van der Waals surface area contributed by atoms with Crippen molar-refractivity contribution < 1.29 is 4.92 Å². The van der Waals surface area contributed by atoms with Crippen LogP contribution < -0.4 is 5.32 Å². The number of nitrogens with one attached hydrogen (secondary N) is 2. The minimum atomic E-state index is -0.488. The van der Waals surface area contributed by atoms with Gasteiger partial charge in [-0.15, -0.1) is 0 Å². The van der Waals surface area contributed by atoms with Crippen LogP contribution in [0, 0.1) is 21.4 Å². The number of aryl methyl sites for hydroxylation is 1. The number of rotatable bonds is 6. The average molecular weight is 271 g/mol. The number of aromatic amines is 1. The van der Waals surface area contributed by atoms with E-state index in [0.29, 0.717) is 12.2 Å². The van der Waals surface area contributed by atoms with Crippen LogP contribution in [0.25, 0.3) is 0 Å². The van der Waals surface area contributed by atoms with Crippen molar-refractivity contribution >= 4 is 11.4 Å². The monoisotopic (exact) mass is 271 g/mol. The van der Waals surface area contributed by atoms with Gasteiger partial charge in [-0.25, -0.2) is 0 Å². The SMILES string of the molecule is N#Cc1ccc(NCCCc2ccn[nH]2)c([N+](=O)[O-])c1. The fraction of sp³-hybridized carbons (Fsp3) is 0.231. The summed E-state index contributed by atoms with van der Waals surface area (Å²) in [7, 11) is 0. The molecule has 1 aromatic heterocycles. The molecule has 0 bridgehead atoms. The third-order valence-corrected chi connectivity index (χ3v) is 2.82. The number of nitriles is 1. The number of hydrogen-bond donors (Lipinski definition) is 2. The lowest BCUT2D eigenvalue weighted by atomic mass is 10.2.